The lowest BCUT2D eigenvalue weighted by molar-refractivity contribution is -0.177. The Balaban J connectivity index is 2.85. The first kappa shape index (κ1) is 24.6. The van der Waals surface area contributed by atoms with E-state index in [2.05, 4.69) is 33.9 Å². The van der Waals surface area contributed by atoms with Gasteiger partial charge in [0.15, 0.2) is 8.32 Å². The summed E-state index contributed by atoms with van der Waals surface area (Å²) in [5, 5.41) is 1.29. The minimum Gasteiger partial charge on any atom is -0.497 e. The van der Waals surface area contributed by atoms with Gasteiger partial charge in [0.25, 0.3) is 5.91 Å². The van der Waals surface area contributed by atoms with Crippen LogP contribution in [-0.2, 0) is 25.4 Å². The fourth-order valence-corrected chi connectivity index (χ4v) is 3.77. The third-order valence-electron chi connectivity index (χ3n) is 5.49. The van der Waals surface area contributed by atoms with Gasteiger partial charge in [-0.05, 0) is 35.8 Å². The summed E-state index contributed by atoms with van der Waals surface area (Å²) in [4.78, 5) is 17.7. The highest BCUT2D eigenvalue weighted by molar-refractivity contribution is 6.74. The molecule has 0 bridgehead atoms. The number of hydrogen-bond donors (Lipinski definition) is 0. The second kappa shape index (κ2) is 10.4. The van der Waals surface area contributed by atoms with Crippen LogP contribution in [0.5, 0.6) is 5.75 Å². The number of benzene rings is 1. The third kappa shape index (κ3) is 6.88. The highest BCUT2D eigenvalue weighted by atomic mass is 28.4. The number of rotatable bonds is 10. The second-order valence-electron chi connectivity index (χ2n) is 8.59. The van der Waals surface area contributed by atoms with Crippen LogP contribution in [0.1, 0.15) is 33.3 Å². The second-order valence-corrected chi connectivity index (χ2v) is 13.3. The van der Waals surface area contributed by atoms with Gasteiger partial charge in [-0.1, -0.05) is 39.8 Å². The van der Waals surface area contributed by atoms with Crippen LogP contribution >= 0.6 is 0 Å². The molecule has 0 unspecified atom stereocenters. The molecule has 1 aromatic carbocycles. The van der Waals surface area contributed by atoms with Gasteiger partial charge in [-0.15, -0.1) is 0 Å². The largest absolute Gasteiger partial charge is 0.497 e. The Morgan fingerprint density at radius 2 is 1.71 bits per heavy atom. The normalized spacial score (nSPS) is 14.5. The van der Waals surface area contributed by atoms with E-state index in [1.165, 1.54) is 12.2 Å². The molecule has 0 N–H and O–H groups in total. The Kier molecular flexibility index (Phi) is 9.14. The van der Waals surface area contributed by atoms with Gasteiger partial charge in [0, 0.05) is 7.05 Å². The highest BCUT2D eigenvalue weighted by Crippen LogP contribution is 2.38. The molecule has 2 atom stereocenters. The summed E-state index contributed by atoms with van der Waals surface area (Å²) in [6, 6.07) is 7.75. The van der Waals surface area contributed by atoms with Crippen molar-refractivity contribution in [3.05, 3.63) is 29.8 Å². The van der Waals surface area contributed by atoms with Gasteiger partial charge in [-0.3, -0.25) is 9.63 Å². The number of carbonyl (C=O) groups excluding carboxylic acids is 1. The third-order valence-corrected chi connectivity index (χ3v) is 10.00. The van der Waals surface area contributed by atoms with Crippen LogP contribution in [0.2, 0.25) is 18.1 Å². The van der Waals surface area contributed by atoms with E-state index in [1.807, 2.05) is 31.2 Å². The SMILES string of the molecule is COc1ccc(COC[C@H](O[Si](C)(C)C(C)(C)C)[C@@H](C)C(=O)N(C)OC)cc1. The molecule has 1 amide bonds. The number of hydrogen-bond acceptors (Lipinski definition) is 5. The van der Waals surface area contributed by atoms with Gasteiger partial charge in [-0.25, -0.2) is 5.06 Å². The standard InChI is InChI=1S/C21H37NO5Si/c1-16(20(23)22(5)25-7)19(27-28(8,9)21(2,3)4)15-26-14-17-10-12-18(24-6)13-11-17/h10-13,16,19H,14-15H2,1-9H3/t16-,19+/m1/s1. The van der Waals surface area contributed by atoms with Crippen molar-refractivity contribution in [3.63, 3.8) is 0 Å². The molecule has 0 aliphatic rings. The molecule has 1 rings (SSSR count). The maximum atomic E-state index is 12.6. The predicted octanol–water partition coefficient (Wildman–Crippen LogP) is 4.26. The molecule has 1 aromatic rings. The van der Waals surface area contributed by atoms with E-state index in [9.17, 15) is 4.79 Å². The number of nitrogens with zero attached hydrogens (tertiary/aromatic N) is 1. The van der Waals surface area contributed by atoms with Crippen LogP contribution in [-0.4, -0.2) is 53.3 Å². The first-order valence-electron chi connectivity index (χ1n) is 9.63. The van der Waals surface area contributed by atoms with E-state index in [4.69, 9.17) is 18.7 Å². The molecule has 0 aliphatic carbocycles. The number of methoxy groups -OCH3 is 1. The highest BCUT2D eigenvalue weighted by Gasteiger charge is 2.41. The summed E-state index contributed by atoms with van der Waals surface area (Å²) in [5.41, 5.74) is 1.04. The van der Waals surface area contributed by atoms with Crippen molar-refractivity contribution < 1.29 is 23.5 Å². The van der Waals surface area contributed by atoms with Crippen LogP contribution in [0.3, 0.4) is 0 Å². The van der Waals surface area contributed by atoms with E-state index in [0.717, 1.165) is 11.3 Å². The smallest absolute Gasteiger partial charge is 0.251 e. The molecule has 0 fully saturated rings. The van der Waals surface area contributed by atoms with E-state index in [0.29, 0.717) is 13.2 Å². The van der Waals surface area contributed by atoms with E-state index >= 15 is 0 Å². The van der Waals surface area contributed by atoms with Crippen molar-refractivity contribution in [2.75, 3.05) is 27.9 Å². The summed E-state index contributed by atoms with van der Waals surface area (Å²) in [6.45, 7) is 13.6. The predicted molar refractivity (Wildman–Crippen MR) is 114 cm³/mol. The minimum atomic E-state index is -2.07. The van der Waals surface area contributed by atoms with Crippen LogP contribution in [0.15, 0.2) is 24.3 Å². The van der Waals surface area contributed by atoms with Gasteiger partial charge in [-0.2, -0.15) is 0 Å². The van der Waals surface area contributed by atoms with Crippen molar-refractivity contribution >= 4 is 14.2 Å². The zero-order chi connectivity index (χ0) is 21.5. The summed E-state index contributed by atoms with van der Waals surface area (Å²) in [6.07, 6.45) is -0.343. The molecule has 0 spiro atoms. The van der Waals surface area contributed by atoms with Crippen molar-refractivity contribution in [2.24, 2.45) is 5.92 Å². The first-order chi connectivity index (χ1) is 12.9. The zero-order valence-corrected chi connectivity index (χ0v) is 19.9. The Morgan fingerprint density at radius 1 is 1.14 bits per heavy atom. The van der Waals surface area contributed by atoms with E-state index < -0.39 is 8.32 Å². The summed E-state index contributed by atoms with van der Waals surface area (Å²) >= 11 is 0. The Bertz CT molecular complexity index is 612. The Labute approximate surface area is 171 Å². The van der Waals surface area contributed by atoms with Crippen molar-refractivity contribution in [1.82, 2.24) is 5.06 Å². The van der Waals surface area contributed by atoms with E-state index in [-0.39, 0.29) is 23.0 Å². The molecule has 0 aliphatic heterocycles. The van der Waals surface area contributed by atoms with Crippen molar-refractivity contribution in [3.8, 4) is 5.75 Å². The van der Waals surface area contributed by atoms with Gasteiger partial charge in [0.1, 0.15) is 5.75 Å². The molecule has 0 aromatic heterocycles. The number of carbonyl (C=O) groups is 1. The fraction of sp³-hybridized carbons (Fsp3) is 0.667. The lowest BCUT2D eigenvalue weighted by atomic mass is 10.0. The lowest BCUT2D eigenvalue weighted by Crippen LogP contribution is -2.49. The molecular weight excluding hydrogens is 374 g/mol. The molecule has 0 radical (unpaired) electrons. The number of ether oxygens (including phenoxy) is 2. The molecule has 7 heteroatoms. The minimum absolute atomic E-state index is 0.0388. The molecule has 160 valence electrons. The topological polar surface area (TPSA) is 57.2 Å². The quantitative estimate of drug-likeness (QED) is 0.425. The van der Waals surface area contributed by atoms with Crippen molar-refractivity contribution in [1.29, 1.82) is 0 Å². The monoisotopic (exact) mass is 411 g/mol. The van der Waals surface area contributed by atoms with Crippen LogP contribution in [0.25, 0.3) is 0 Å². The van der Waals surface area contributed by atoms with Crippen molar-refractivity contribution in [2.45, 2.75) is 58.5 Å². The van der Waals surface area contributed by atoms with Gasteiger partial charge in [0.2, 0.25) is 0 Å². The Hall–Kier alpha value is -1.41. The van der Waals surface area contributed by atoms with Crippen LogP contribution in [0, 0.1) is 5.92 Å². The van der Waals surface area contributed by atoms with Crippen LogP contribution in [0.4, 0.5) is 0 Å². The fourth-order valence-electron chi connectivity index (χ4n) is 2.39. The maximum absolute atomic E-state index is 12.6. The number of hydroxylamine groups is 2. The van der Waals surface area contributed by atoms with Gasteiger partial charge < -0.3 is 13.9 Å². The zero-order valence-electron chi connectivity index (χ0n) is 18.9. The lowest BCUT2D eigenvalue weighted by Gasteiger charge is -2.40. The summed E-state index contributed by atoms with van der Waals surface area (Å²) < 4.78 is 17.7. The molecule has 28 heavy (non-hydrogen) atoms. The summed E-state index contributed by atoms with van der Waals surface area (Å²) in [7, 11) is 2.66. The average molecular weight is 412 g/mol. The molecular formula is C21H37NO5Si. The van der Waals surface area contributed by atoms with Gasteiger partial charge in [0.05, 0.1) is 39.5 Å². The van der Waals surface area contributed by atoms with Crippen LogP contribution < -0.4 is 4.74 Å². The molecule has 6 nitrogen and oxygen atoms in total. The van der Waals surface area contributed by atoms with Gasteiger partial charge >= 0.3 is 0 Å². The average Bonchev–Trinajstić information content (AvgIpc) is 2.64. The molecule has 0 saturated heterocycles. The Morgan fingerprint density at radius 3 is 2.18 bits per heavy atom. The van der Waals surface area contributed by atoms with E-state index in [1.54, 1.807) is 14.2 Å². The first-order valence-corrected chi connectivity index (χ1v) is 12.5. The maximum Gasteiger partial charge on any atom is 0.251 e. The number of amides is 1. The molecule has 0 heterocycles. The summed E-state index contributed by atoms with van der Waals surface area (Å²) in [5.74, 6) is 0.305. The molecule has 0 saturated carbocycles.